The number of carbonyl (C=O) groups excluding carboxylic acids is 1. The van der Waals surface area contributed by atoms with E-state index in [1.54, 1.807) is 30.3 Å². The van der Waals surface area contributed by atoms with Gasteiger partial charge >= 0.3 is 0 Å². The Morgan fingerprint density at radius 1 is 1.09 bits per heavy atom. The van der Waals surface area contributed by atoms with Crippen molar-refractivity contribution in [2.24, 2.45) is 0 Å². The molecule has 2 nitrogen and oxygen atoms in total. The molecule has 2 aromatic heterocycles. The van der Waals surface area contributed by atoms with E-state index in [1.807, 2.05) is 24.3 Å². The van der Waals surface area contributed by atoms with Crippen LogP contribution in [0.15, 0.2) is 59.0 Å². The van der Waals surface area contributed by atoms with Crippen LogP contribution < -0.4 is 0 Å². The van der Waals surface area contributed by atoms with Crippen LogP contribution in [-0.4, -0.2) is 5.78 Å². The van der Waals surface area contributed by atoms with Crippen LogP contribution in [-0.2, 0) is 0 Å². The zero-order valence-corrected chi connectivity index (χ0v) is 13.6. The number of benzene rings is 1. The highest BCUT2D eigenvalue weighted by molar-refractivity contribution is 7.18. The molecule has 3 aromatic rings. The Kier molecular flexibility index (Phi) is 4.48. The third kappa shape index (κ3) is 3.50. The number of halogens is 2. The Balaban J connectivity index is 1.77. The Bertz CT molecular complexity index is 846. The van der Waals surface area contributed by atoms with Gasteiger partial charge in [-0.3, -0.25) is 4.79 Å². The van der Waals surface area contributed by atoms with E-state index in [0.29, 0.717) is 25.8 Å². The van der Waals surface area contributed by atoms with Crippen LogP contribution in [0.4, 0.5) is 0 Å². The number of furan rings is 1. The SMILES string of the molecule is O=C(/C=C/c1ccc(-c2cccc(Cl)c2)o1)c1ccc(Cl)s1. The zero-order valence-electron chi connectivity index (χ0n) is 11.3. The molecule has 1 aromatic carbocycles. The molecule has 0 radical (unpaired) electrons. The van der Waals surface area contributed by atoms with Gasteiger partial charge in [-0.2, -0.15) is 0 Å². The largest absolute Gasteiger partial charge is 0.457 e. The molecule has 2 heterocycles. The summed E-state index contributed by atoms with van der Waals surface area (Å²) >= 11 is 13.0. The number of hydrogen-bond acceptors (Lipinski definition) is 3. The lowest BCUT2D eigenvalue weighted by atomic mass is 10.2. The van der Waals surface area contributed by atoms with Gasteiger partial charge in [0.15, 0.2) is 5.78 Å². The first-order valence-corrected chi connectivity index (χ1v) is 8.02. The maximum Gasteiger partial charge on any atom is 0.195 e. The van der Waals surface area contributed by atoms with Crippen molar-refractivity contribution in [3.63, 3.8) is 0 Å². The van der Waals surface area contributed by atoms with E-state index in [9.17, 15) is 4.79 Å². The first kappa shape index (κ1) is 15.1. The van der Waals surface area contributed by atoms with Gasteiger partial charge in [0.25, 0.3) is 0 Å². The predicted molar refractivity (Wildman–Crippen MR) is 91.8 cm³/mol. The quantitative estimate of drug-likeness (QED) is 0.414. The third-order valence-corrected chi connectivity index (χ3v) is 4.43. The van der Waals surface area contributed by atoms with Gasteiger partial charge < -0.3 is 4.42 Å². The van der Waals surface area contributed by atoms with Crippen LogP contribution in [0, 0.1) is 0 Å². The van der Waals surface area contributed by atoms with Crippen LogP contribution in [0.25, 0.3) is 17.4 Å². The van der Waals surface area contributed by atoms with Crippen molar-refractivity contribution in [1.82, 2.24) is 0 Å². The monoisotopic (exact) mass is 348 g/mol. The van der Waals surface area contributed by atoms with E-state index in [-0.39, 0.29) is 5.78 Å². The second-order valence-corrected chi connectivity index (χ2v) is 6.67. The smallest absolute Gasteiger partial charge is 0.195 e. The fraction of sp³-hybridized carbons (Fsp3) is 0. The Morgan fingerprint density at radius 3 is 2.68 bits per heavy atom. The maximum absolute atomic E-state index is 12.0. The second-order valence-electron chi connectivity index (χ2n) is 4.51. The molecule has 0 atom stereocenters. The van der Waals surface area contributed by atoms with E-state index in [2.05, 4.69) is 0 Å². The minimum Gasteiger partial charge on any atom is -0.457 e. The molecule has 0 unspecified atom stereocenters. The van der Waals surface area contributed by atoms with E-state index in [0.717, 1.165) is 5.56 Å². The van der Waals surface area contributed by atoms with Crippen LogP contribution in [0.2, 0.25) is 9.36 Å². The fourth-order valence-corrected chi connectivity index (χ4v) is 3.08. The van der Waals surface area contributed by atoms with Gasteiger partial charge in [0.2, 0.25) is 0 Å². The molecule has 0 amide bonds. The van der Waals surface area contributed by atoms with E-state index in [1.165, 1.54) is 17.4 Å². The number of thiophene rings is 1. The highest BCUT2D eigenvalue weighted by Gasteiger charge is 2.07. The van der Waals surface area contributed by atoms with Gasteiger partial charge in [-0.15, -0.1) is 11.3 Å². The number of allylic oxidation sites excluding steroid dienone is 1. The highest BCUT2D eigenvalue weighted by Crippen LogP contribution is 2.26. The molecule has 0 fully saturated rings. The Morgan fingerprint density at radius 2 is 1.95 bits per heavy atom. The van der Waals surface area contributed by atoms with E-state index < -0.39 is 0 Å². The zero-order chi connectivity index (χ0) is 15.5. The van der Waals surface area contributed by atoms with E-state index >= 15 is 0 Å². The van der Waals surface area contributed by atoms with Crippen molar-refractivity contribution >= 4 is 46.4 Å². The Labute approximate surface area is 141 Å². The summed E-state index contributed by atoms with van der Waals surface area (Å²) in [6.45, 7) is 0. The number of hydrogen-bond donors (Lipinski definition) is 0. The molecule has 22 heavy (non-hydrogen) atoms. The summed E-state index contributed by atoms with van der Waals surface area (Å²) in [6.07, 6.45) is 3.12. The summed E-state index contributed by atoms with van der Waals surface area (Å²) in [5, 5.41) is 0.649. The number of ketones is 1. The molecule has 0 aliphatic rings. The molecule has 0 bridgehead atoms. The summed E-state index contributed by atoms with van der Waals surface area (Å²) in [6, 6.07) is 14.5. The van der Waals surface area contributed by atoms with Crippen LogP contribution >= 0.6 is 34.5 Å². The van der Waals surface area contributed by atoms with Crippen LogP contribution in [0.5, 0.6) is 0 Å². The Hall–Kier alpha value is -1.81. The van der Waals surface area contributed by atoms with Gasteiger partial charge in [-0.25, -0.2) is 0 Å². The lowest BCUT2D eigenvalue weighted by molar-refractivity contribution is 0.105. The first-order chi connectivity index (χ1) is 10.6. The molecule has 0 aliphatic heterocycles. The lowest BCUT2D eigenvalue weighted by Gasteiger charge is -1.96. The lowest BCUT2D eigenvalue weighted by Crippen LogP contribution is -1.88. The summed E-state index contributed by atoms with van der Waals surface area (Å²) in [5.41, 5.74) is 0.892. The number of rotatable bonds is 4. The summed E-state index contributed by atoms with van der Waals surface area (Å²) in [7, 11) is 0. The van der Waals surface area contributed by atoms with Gasteiger partial charge in [-0.05, 0) is 48.6 Å². The van der Waals surface area contributed by atoms with Crippen molar-refractivity contribution in [3.05, 3.63) is 74.6 Å². The van der Waals surface area contributed by atoms with Gasteiger partial charge in [0.05, 0.1) is 9.21 Å². The van der Waals surface area contributed by atoms with Crippen molar-refractivity contribution in [3.8, 4) is 11.3 Å². The number of carbonyl (C=O) groups is 1. The molecule has 110 valence electrons. The molecule has 0 saturated carbocycles. The molecule has 5 heteroatoms. The van der Waals surface area contributed by atoms with Crippen LogP contribution in [0.1, 0.15) is 15.4 Å². The van der Waals surface area contributed by atoms with Crippen molar-refractivity contribution in [2.75, 3.05) is 0 Å². The van der Waals surface area contributed by atoms with Crippen molar-refractivity contribution in [1.29, 1.82) is 0 Å². The van der Waals surface area contributed by atoms with E-state index in [4.69, 9.17) is 27.6 Å². The maximum atomic E-state index is 12.0. The van der Waals surface area contributed by atoms with Crippen molar-refractivity contribution in [2.45, 2.75) is 0 Å². The van der Waals surface area contributed by atoms with Gasteiger partial charge in [0, 0.05) is 10.6 Å². The molecule has 0 saturated heterocycles. The van der Waals surface area contributed by atoms with Gasteiger partial charge in [-0.1, -0.05) is 35.3 Å². The first-order valence-electron chi connectivity index (χ1n) is 6.45. The molecule has 0 N–H and O–H groups in total. The topological polar surface area (TPSA) is 30.2 Å². The van der Waals surface area contributed by atoms with Crippen molar-refractivity contribution < 1.29 is 9.21 Å². The molecule has 0 spiro atoms. The predicted octanol–water partition coefficient (Wildman–Crippen LogP) is 6.21. The second kappa shape index (κ2) is 6.53. The minimum atomic E-state index is -0.0994. The highest BCUT2D eigenvalue weighted by atomic mass is 35.5. The average molecular weight is 349 g/mol. The average Bonchev–Trinajstić information content (AvgIpc) is 3.14. The summed E-state index contributed by atoms with van der Waals surface area (Å²) < 4.78 is 6.29. The van der Waals surface area contributed by atoms with Gasteiger partial charge in [0.1, 0.15) is 11.5 Å². The normalized spacial score (nSPS) is 11.2. The fourth-order valence-electron chi connectivity index (χ4n) is 1.93. The summed E-state index contributed by atoms with van der Waals surface area (Å²) in [5.74, 6) is 1.21. The molecule has 0 aliphatic carbocycles. The molecular formula is C17H10Cl2O2S. The minimum absolute atomic E-state index is 0.0994. The summed E-state index contributed by atoms with van der Waals surface area (Å²) in [4.78, 5) is 12.6. The third-order valence-electron chi connectivity index (χ3n) is 2.95. The standard InChI is InChI=1S/C17H10Cl2O2S/c18-12-3-1-2-11(10-12)15-7-5-13(21-15)4-6-14(20)16-8-9-17(19)22-16/h1-10H/b6-4+. The van der Waals surface area contributed by atoms with Crippen LogP contribution in [0.3, 0.4) is 0 Å². The molecule has 3 rings (SSSR count). The molecular weight excluding hydrogens is 339 g/mol.